The summed E-state index contributed by atoms with van der Waals surface area (Å²) >= 11 is 7.26. The maximum atomic E-state index is 12.4. The molecule has 5 atom stereocenters. The lowest BCUT2D eigenvalue weighted by atomic mass is 9.51. The van der Waals surface area contributed by atoms with Crippen molar-refractivity contribution >= 4 is 43.9 Å². The van der Waals surface area contributed by atoms with Gasteiger partial charge in [0.2, 0.25) is 0 Å². The van der Waals surface area contributed by atoms with Crippen molar-refractivity contribution in [2.24, 2.45) is 22.4 Å². The Hall–Kier alpha value is -1.24. The zero-order valence-electron chi connectivity index (χ0n) is 18.3. The van der Waals surface area contributed by atoms with Crippen LogP contribution in [-0.2, 0) is 4.79 Å². The smallest absolute Gasteiger partial charge is 0.170 e. The first-order valence-electron chi connectivity index (χ1n) is 11.5. The summed E-state index contributed by atoms with van der Waals surface area (Å²) in [5.74, 6) is 1.34. The molecule has 4 aliphatic carbocycles. The number of ketones is 1. The molecule has 2 fully saturated rings. The second-order valence-corrected chi connectivity index (χ2v) is 11.5. The molecule has 0 radical (unpaired) electrons. The van der Waals surface area contributed by atoms with Crippen molar-refractivity contribution in [1.29, 1.82) is 0 Å². The second-order valence-electron chi connectivity index (χ2n) is 10.2. The number of hydrogen-bond acceptors (Lipinski definition) is 4. The van der Waals surface area contributed by atoms with Gasteiger partial charge in [0.25, 0.3) is 0 Å². The molecule has 1 aromatic rings. The van der Waals surface area contributed by atoms with Gasteiger partial charge in [0.05, 0.1) is 16.3 Å². The zero-order chi connectivity index (χ0) is 22.7. The van der Waals surface area contributed by atoms with Gasteiger partial charge in [0.15, 0.2) is 5.78 Å². The van der Waals surface area contributed by atoms with E-state index in [0.717, 1.165) is 48.6 Å². The molecule has 0 spiro atoms. The molecule has 0 aliphatic heterocycles. The molecule has 6 heteroatoms. The first-order chi connectivity index (χ1) is 15.3. The fourth-order valence-corrected chi connectivity index (χ4v) is 8.76. The van der Waals surface area contributed by atoms with E-state index in [1.54, 1.807) is 0 Å². The van der Waals surface area contributed by atoms with Crippen LogP contribution >= 0.6 is 31.9 Å². The van der Waals surface area contributed by atoms with Gasteiger partial charge < -0.3 is 10.3 Å². The number of hydrogen-bond donors (Lipinski definition) is 2. The quantitative estimate of drug-likeness (QED) is 0.198. The van der Waals surface area contributed by atoms with Crippen molar-refractivity contribution in [2.75, 3.05) is 5.33 Å². The lowest BCUT2D eigenvalue weighted by Crippen LogP contribution is -2.52. The Balaban J connectivity index is 1.68. The van der Waals surface area contributed by atoms with Crippen molar-refractivity contribution in [2.45, 2.75) is 63.4 Å². The number of nitrogens with zero attached hydrogens (tertiary/aromatic N) is 1. The largest absolute Gasteiger partial charge is 0.411 e. The van der Waals surface area contributed by atoms with Gasteiger partial charge in [0.1, 0.15) is 0 Å². The van der Waals surface area contributed by atoms with Gasteiger partial charge in [-0.2, -0.15) is 0 Å². The van der Waals surface area contributed by atoms with Crippen LogP contribution in [0.3, 0.4) is 0 Å². The molecule has 2 N–H and O–H groups in total. The number of alkyl halides is 1. The van der Waals surface area contributed by atoms with Crippen LogP contribution in [0.2, 0.25) is 0 Å². The molecule has 2 unspecified atom stereocenters. The summed E-state index contributed by atoms with van der Waals surface area (Å²) in [6.07, 6.45) is 7.61. The van der Waals surface area contributed by atoms with E-state index in [4.69, 9.17) is 5.21 Å². The summed E-state index contributed by atoms with van der Waals surface area (Å²) < 4.78 is 0.787. The molecule has 0 amide bonds. The number of carbonyl (C=O) groups is 1. The Morgan fingerprint density at radius 2 is 1.91 bits per heavy atom. The van der Waals surface area contributed by atoms with E-state index in [0.29, 0.717) is 23.6 Å². The predicted molar refractivity (Wildman–Crippen MR) is 133 cm³/mol. The lowest BCUT2D eigenvalue weighted by molar-refractivity contribution is -0.115. The summed E-state index contributed by atoms with van der Waals surface area (Å²) in [4.78, 5) is 12.4. The molecule has 4 aliphatic rings. The number of oxime groups is 1. The molecule has 2 saturated carbocycles. The van der Waals surface area contributed by atoms with Gasteiger partial charge in [-0.1, -0.05) is 57.8 Å². The van der Waals surface area contributed by atoms with E-state index >= 15 is 0 Å². The van der Waals surface area contributed by atoms with Crippen molar-refractivity contribution in [1.82, 2.24) is 0 Å². The number of allylic oxidation sites excluding steroid dienone is 4. The second kappa shape index (κ2) is 8.21. The first kappa shape index (κ1) is 22.5. The Morgan fingerprint density at radius 1 is 1.16 bits per heavy atom. The zero-order valence-corrected chi connectivity index (χ0v) is 21.5. The van der Waals surface area contributed by atoms with Crippen molar-refractivity contribution < 1.29 is 15.1 Å². The molecule has 5 rings (SSSR count). The van der Waals surface area contributed by atoms with E-state index in [2.05, 4.69) is 56.1 Å². The van der Waals surface area contributed by atoms with Gasteiger partial charge in [-0.3, -0.25) is 4.79 Å². The molecule has 32 heavy (non-hydrogen) atoms. The van der Waals surface area contributed by atoms with E-state index in [9.17, 15) is 9.90 Å². The van der Waals surface area contributed by atoms with E-state index in [1.165, 1.54) is 28.5 Å². The standard InChI is InChI=1S/C26H29Br2NO3/c1-25-12-20(16-4-2-15(3-5-16)13-29-32)23-17-8-9-22(30)24(28)18(17)6-7-19(23)21(25)10-11-26(25,31)14-27/h2-5,13,19-21,31-32H,6-12,14H2,1H3/b29-13+/t19?,20-,21?,25+,26-/m1/s1. The van der Waals surface area contributed by atoms with Crippen LogP contribution in [0.25, 0.3) is 0 Å². The van der Waals surface area contributed by atoms with Crippen LogP contribution in [0.5, 0.6) is 0 Å². The highest BCUT2D eigenvalue weighted by molar-refractivity contribution is 9.12. The number of carbonyl (C=O) groups excluding carboxylic acids is 1. The summed E-state index contributed by atoms with van der Waals surface area (Å²) in [7, 11) is 0. The fraction of sp³-hybridized carbons (Fsp3) is 0.538. The first-order valence-corrected chi connectivity index (χ1v) is 13.5. The highest BCUT2D eigenvalue weighted by Gasteiger charge is 2.62. The summed E-state index contributed by atoms with van der Waals surface area (Å²) in [5.41, 5.74) is 5.37. The molecule has 170 valence electrons. The third-order valence-corrected chi connectivity index (χ3v) is 10.8. The highest BCUT2D eigenvalue weighted by Crippen LogP contribution is 2.67. The van der Waals surface area contributed by atoms with E-state index in [-0.39, 0.29) is 17.1 Å². The Morgan fingerprint density at radius 3 is 2.59 bits per heavy atom. The highest BCUT2D eigenvalue weighted by atomic mass is 79.9. The minimum Gasteiger partial charge on any atom is -0.411 e. The van der Waals surface area contributed by atoms with Crippen LogP contribution in [-0.4, -0.2) is 33.2 Å². The molecule has 1 aromatic carbocycles. The molecular weight excluding hydrogens is 534 g/mol. The maximum Gasteiger partial charge on any atom is 0.170 e. The SMILES string of the molecule is C[C@]12C[C@H](c3ccc(/C=N/O)cc3)C3=C4CCC(=O)C(Br)=C4CCC3C1CC[C@@]2(O)CBr. The van der Waals surface area contributed by atoms with Gasteiger partial charge >= 0.3 is 0 Å². The minimum atomic E-state index is -0.700. The monoisotopic (exact) mass is 561 g/mol. The Bertz CT molecular complexity index is 1040. The van der Waals surface area contributed by atoms with Crippen molar-refractivity contribution in [3.63, 3.8) is 0 Å². The number of fused-ring (bicyclic) bond motifs is 4. The molecule has 0 bridgehead atoms. The minimum absolute atomic E-state index is 0.163. The molecular formula is C26H29Br2NO3. The third-order valence-electron chi connectivity index (χ3n) is 8.94. The van der Waals surface area contributed by atoms with Crippen molar-refractivity contribution in [3.05, 3.63) is 56.6 Å². The van der Waals surface area contributed by atoms with Crippen LogP contribution in [0.1, 0.15) is 68.9 Å². The average molecular weight is 563 g/mol. The molecule has 0 aromatic heterocycles. The van der Waals surface area contributed by atoms with Gasteiger partial charge in [0, 0.05) is 23.1 Å². The molecule has 0 saturated heterocycles. The van der Waals surface area contributed by atoms with Crippen LogP contribution in [0, 0.1) is 17.3 Å². The number of rotatable bonds is 3. The van der Waals surface area contributed by atoms with Crippen LogP contribution < -0.4 is 0 Å². The van der Waals surface area contributed by atoms with Crippen molar-refractivity contribution in [3.8, 4) is 0 Å². The predicted octanol–water partition coefficient (Wildman–Crippen LogP) is 6.24. The van der Waals surface area contributed by atoms with Gasteiger partial charge in [-0.25, -0.2) is 0 Å². The normalized spacial score (nSPS) is 37.0. The molecule has 4 nitrogen and oxygen atoms in total. The van der Waals surface area contributed by atoms with E-state index in [1.807, 2.05) is 12.1 Å². The maximum absolute atomic E-state index is 12.4. The number of halogens is 2. The average Bonchev–Trinajstić information content (AvgIpc) is 3.07. The fourth-order valence-electron chi connectivity index (χ4n) is 7.21. The topological polar surface area (TPSA) is 69.9 Å². The third kappa shape index (κ3) is 3.24. The van der Waals surface area contributed by atoms with Crippen LogP contribution in [0.4, 0.5) is 0 Å². The van der Waals surface area contributed by atoms with Crippen LogP contribution in [0.15, 0.2) is 50.6 Å². The molecule has 0 heterocycles. The number of Topliss-reactive ketones (excluding diaryl/α,β-unsaturated/α-hetero) is 1. The number of aliphatic hydroxyl groups is 1. The Labute approximate surface area is 206 Å². The summed E-state index contributed by atoms with van der Waals surface area (Å²) in [6, 6.07) is 8.27. The van der Waals surface area contributed by atoms with Gasteiger partial charge in [-0.15, -0.1) is 0 Å². The summed E-state index contributed by atoms with van der Waals surface area (Å²) in [5, 5.41) is 24.3. The summed E-state index contributed by atoms with van der Waals surface area (Å²) in [6.45, 7) is 2.30. The van der Waals surface area contributed by atoms with E-state index < -0.39 is 5.60 Å². The lowest BCUT2D eigenvalue weighted by Gasteiger charge is -2.54. The Kier molecular flexibility index (Phi) is 5.78. The number of benzene rings is 1. The van der Waals surface area contributed by atoms with Gasteiger partial charge in [-0.05, 0) is 88.6 Å².